The Balaban J connectivity index is 1.85. The molecule has 104 valence electrons. The Kier molecular flexibility index (Phi) is 4.13. The van der Waals surface area contributed by atoms with Gasteiger partial charge in [-0.05, 0) is 17.5 Å². The topological polar surface area (TPSA) is 29.5 Å². The molecule has 0 aliphatic carbocycles. The summed E-state index contributed by atoms with van der Waals surface area (Å²) in [6.45, 7) is 7.81. The number of benzene rings is 1. The highest BCUT2D eigenvalue weighted by atomic mass is 16.5. The van der Waals surface area contributed by atoms with E-state index >= 15 is 0 Å². The highest BCUT2D eigenvalue weighted by Crippen LogP contribution is 2.23. The maximum absolute atomic E-state index is 12.1. The van der Waals surface area contributed by atoms with Crippen molar-refractivity contribution in [3.8, 4) is 5.75 Å². The average molecular weight is 261 g/mol. The van der Waals surface area contributed by atoms with Gasteiger partial charge >= 0.3 is 0 Å². The van der Waals surface area contributed by atoms with E-state index in [1.807, 2.05) is 35.2 Å². The molecule has 1 unspecified atom stereocenters. The van der Waals surface area contributed by atoms with E-state index in [0.29, 0.717) is 13.0 Å². The molecule has 1 fully saturated rings. The lowest BCUT2D eigenvalue weighted by Gasteiger charge is -2.23. The predicted octanol–water partition coefficient (Wildman–Crippen LogP) is 3.10. The van der Waals surface area contributed by atoms with Crippen LogP contribution in [0.25, 0.3) is 0 Å². The maximum Gasteiger partial charge on any atom is 0.223 e. The molecule has 0 radical (unpaired) electrons. The van der Waals surface area contributed by atoms with Gasteiger partial charge in [-0.25, -0.2) is 0 Å². The van der Waals surface area contributed by atoms with E-state index in [4.69, 9.17) is 4.74 Å². The average Bonchev–Trinajstić information content (AvgIpc) is 2.77. The van der Waals surface area contributed by atoms with E-state index in [9.17, 15) is 4.79 Å². The summed E-state index contributed by atoms with van der Waals surface area (Å²) in [6.07, 6.45) is 1.65. The number of likely N-dealkylation sites (tertiary alicyclic amines) is 1. The van der Waals surface area contributed by atoms with Crippen LogP contribution in [0.2, 0.25) is 0 Å². The number of nitrogens with zero attached hydrogens (tertiary/aromatic N) is 1. The Morgan fingerprint density at radius 1 is 1.32 bits per heavy atom. The van der Waals surface area contributed by atoms with Crippen LogP contribution in [0.5, 0.6) is 5.75 Å². The molecule has 0 saturated carbocycles. The van der Waals surface area contributed by atoms with Gasteiger partial charge in [0.15, 0.2) is 0 Å². The zero-order chi connectivity index (χ0) is 13.9. The number of ether oxygens (including phenoxy) is 1. The van der Waals surface area contributed by atoms with E-state index in [-0.39, 0.29) is 17.4 Å². The number of para-hydroxylation sites is 1. The predicted molar refractivity (Wildman–Crippen MR) is 76.1 cm³/mol. The lowest BCUT2D eigenvalue weighted by Crippen LogP contribution is -2.33. The molecule has 1 heterocycles. The summed E-state index contributed by atoms with van der Waals surface area (Å²) in [4.78, 5) is 14.1. The first-order valence-corrected chi connectivity index (χ1v) is 6.93. The lowest BCUT2D eigenvalue weighted by atomic mass is 9.92. The molecule has 3 heteroatoms. The van der Waals surface area contributed by atoms with Crippen molar-refractivity contribution in [1.29, 1.82) is 0 Å². The molecule has 1 aliphatic heterocycles. The summed E-state index contributed by atoms with van der Waals surface area (Å²) < 4.78 is 5.89. The molecule has 0 spiro atoms. The first-order valence-electron chi connectivity index (χ1n) is 6.93. The van der Waals surface area contributed by atoms with E-state index < -0.39 is 0 Å². The van der Waals surface area contributed by atoms with Gasteiger partial charge in [-0.1, -0.05) is 39.0 Å². The third-order valence-electron chi connectivity index (χ3n) is 3.23. The van der Waals surface area contributed by atoms with Gasteiger partial charge in [-0.2, -0.15) is 0 Å². The Morgan fingerprint density at radius 3 is 2.63 bits per heavy atom. The third kappa shape index (κ3) is 4.27. The molecule has 1 amide bonds. The second kappa shape index (κ2) is 5.64. The van der Waals surface area contributed by atoms with Gasteiger partial charge in [-0.15, -0.1) is 0 Å². The van der Waals surface area contributed by atoms with Crippen LogP contribution in [0.15, 0.2) is 30.3 Å². The summed E-state index contributed by atoms with van der Waals surface area (Å²) in [5, 5.41) is 0. The number of hydrogen-bond donors (Lipinski definition) is 0. The molecule has 1 atom stereocenters. The minimum Gasteiger partial charge on any atom is -0.489 e. The maximum atomic E-state index is 12.1. The summed E-state index contributed by atoms with van der Waals surface area (Å²) in [5.74, 6) is 1.13. The zero-order valence-corrected chi connectivity index (χ0v) is 12.1. The van der Waals surface area contributed by atoms with Crippen molar-refractivity contribution in [2.24, 2.45) is 5.41 Å². The fourth-order valence-corrected chi connectivity index (χ4v) is 2.31. The first-order chi connectivity index (χ1) is 8.94. The highest BCUT2D eigenvalue weighted by Gasteiger charge is 2.29. The number of amides is 1. The van der Waals surface area contributed by atoms with Crippen molar-refractivity contribution in [2.75, 3.05) is 13.1 Å². The summed E-state index contributed by atoms with van der Waals surface area (Å²) in [6, 6.07) is 9.82. The smallest absolute Gasteiger partial charge is 0.223 e. The lowest BCUT2D eigenvalue weighted by molar-refractivity contribution is -0.132. The Hall–Kier alpha value is -1.51. The van der Waals surface area contributed by atoms with E-state index in [2.05, 4.69) is 20.8 Å². The fraction of sp³-hybridized carbons (Fsp3) is 0.562. The largest absolute Gasteiger partial charge is 0.489 e. The Labute approximate surface area is 115 Å². The molecule has 1 aromatic rings. The SMILES string of the molecule is CC(C)(C)CC(=O)N1CCC(Oc2ccccc2)C1. The molecular weight excluding hydrogens is 238 g/mol. The first kappa shape index (κ1) is 13.9. The molecular formula is C16H23NO2. The van der Waals surface area contributed by atoms with E-state index in [1.165, 1.54) is 0 Å². The molecule has 3 nitrogen and oxygen atoms in total. The second-order valence-corrected chi connectivity index (χ2v) is 6.42. The quantitative estimate of drug-likeness (QED) is 0.836. The van der Waals surface area contributed by atoms with Crippen LogP contribution < -0.4 is 4.74 Å². The number of hydrogen-bond acceptors (Lipinski definition) is 2. The Bertz CT molecular complexity index is 422. The molecule has 1 saturated heterocycles. The van der Waals surface area contributed by atoms with Crippen molar-refractivity contribution in [3.63, 3.8) is 0 Å². The van der Waals surface area contributed by atoms with Crippen LogP contribution in [-0.4, -0.2) is 30.0 Å². The van der Waals surface area contributed by atoms with Crippen LogP contribution in [0.3, 0.4) is 0 Å². The van der Waals surface area contributed by atoms with Crippen LogP contribution >= 0.6 is 0 Å². The normalized spacial score (nSPS) is 19.5. The molecule has 0 bridgehead atoms. The van der Waals surface area contributed by atoms with Crippen LogP contribution in [-0.2, 0) is 4.79 Å². The van der Waals surface area contributed by atoms with E-state index in [0.717, 1.165) is 18.7 Å². The molecule has 1 aromatic carbocycles. The fourth-order valence-electron chi connectivity index (χ4n) is 2.31. The van der Waals surface area contributed by atoms with Crippen molar-refractivity contribution >= 4 is 5.91 Å². The van der Waals surface area contributed by atoms with Gasteiger partial charge < -0.3 is 9.64 Å². The van der Waals surface area contributed by atoms with Gasteiger partial charge in [0.2, 0.25) is 5.91 Å². The van der Waals surface area contributed by atoms with Crippen molar-refractivity contribution in [2.45, 2.75) is 39.7 Å². The summed E-state index contributed by atoms with van der Waals surface area (Å²) in [5.41, 5.74) is 0.0510. The highest BCUT2D eigenvalue weighted by molar-refractivity contribution is 5.77. The van der Waals surface area contributed by atoms with Crippen molar-refractivity contribution < 1.29 is 9.53 Å². The molecule has 1 aliphatic rings. The number of carbonyl (C=O) groups is 1. The standard InChI is InChI=1S/C16H23NO2/c1-16(2,3)11-15(18)17-10-9-14(12-17)19-13-7-5-4-6-8-13/h4-8,14H,9-12H2,1-3H3. The van der Waals surface area contributed by atoms with Gasteiger partial charge in [0.05, 0.1) is 6.54 Å². The third-order valence-corrected chi connectivity index (χ3v) is 3.23. The Morgan fingerprint density at radius 2 is 2.00 bits per heavy atom. The van der Waals surface area contributed by atoms with Crippen molar-refractivity contribution in [1.82, 2.24) is 4.90 Å². The van der Waals surface area contributed by atoms with Crippen molar-refractivity contribution in [3.05, 3.63) is 30.3 Å². The molecule has 0 aromatic heterocycles. The van der Waals surface area contributed by atoms with E-state index in [1.54, 1.807) is 0 Å². The van der Waals surface area contributed by atoms with Gasteiger partial charge in [0, 0.05) is 19.4 Å². The second-order valence-electron chi connectivity index (χ2n) is 6.42. The minimum absolute atomic E-state index is 0.0510. The number of carbonyl (C=O) groups excluding carboxylic acids is 1. The van der Waals surface area contributed by atoms with Crippen LogP contribution in [0, 0.1) is 5.41 Å². The monoisotopic (exact) mass is 261 g/mol. The van der Waals surface area contributed by atoms with Gasteiger partial charge in [-0.3, -0.25) is 4.79 Å². The van der Waals surface area contributed by atoms with Gasteiger partial charge in [0.25, 0.3) is 0 Å². The van der Waals surface area contributed by atoms with Crippen LogP contribution in [0.4, 0.5) is 0 Å². The zero-order valence-electron chi connectivity index (χ0n) is 12.1. The summed E-state index contributed by atoms with van der Waals surface area (Å²) in [7, 11) is 0. The minimum atomic E-state index is 0.0510. The molecule has 0 N–H and O–H groups in total. The van der Waals surface area contributed by atoms with Gasteiger partial charge in [0.1, 0.15) is 11.9 Å². The molecule has 2 rings (SSSR count). The molecule has 19 heavy (non-hydrogen) atoms. The number of rotatable bonds is 3. The summed E-state index contributed by atoms with van der Waals surface area (Å²) >= 11 is 0. The van der Waals surface area contributed by atoms with Crippen LogP contribution in [0.1, 0.15) is 33.6 Å².